The van der Waals surface area contributed by atoms with Crippen LogP contribution in [-0.2, 0) is 6.42 Å². The molecule has 3 heterocycles. The third-order valence-electron chi connectivity index (χ3n) is 4.49. The summed E-state index contributed by atoms with van der Waals surface area (Å²) in [6.07, 6.45) is 4.85. The van der Waals surface area contributed by atoms with Crippen molar-refractivity contribution in [3.63, 3.8) is 0 Å². The van der Waals surface area contributed by atoms with Gasteiger partial charge in [-0.3, -0.25) is 4.98 Å². The number of hydrogen-bond donors (Lipinski definition) is 0. The van der Waals surface area contributed by atoms with E-state index in [9.17, 15) is 0 Å². The van der Waals surface area contributed by atoms with E-state index in [1.54, 1.807) is 45.9 Å². The maximum atomic E-state index is 5.79. The van der Waals surface area contributed by atoms with Gasteiger partial charge in [-0.15, -0.1) is 10.2 Å². The Morgan fingerprint density at radius 2 is 1.69 bits per heavy atom. The molecule has 32 heavy (non-hydrogen) atoms. The van der Waals surface area contributed by atoms with E-state index in [0.29, 0.717) is 52.1 Å². The van der Waals surface area contributed by atoms with Gasteiger partial charge in [0.15, 0.2) is 11.5 Å². The lowest BCUT2D eigenvalue weighted by Crippen LogP contribution is -1.95. The Balaban J connectivity index is 1.34. The predicted octanol–water partition coefficient (Wildman–Crippen LogP) is 3.93. The Bertz CT molecular complexity index is 1140. The zero-order valence-electron chi connectivity index (χ0n) is 17.8. The van der Waals surface area contributed by atoms with Crippen LogP contribution >= 0.6 is 11.8 Å². The number of hydrogen-bond acceptors (Lipinski definition) is 11. The minimum absolute atomic E-state index is 0.366. The minimum atomic E-state index is 0.366. The molecule has 0 aliphatic carbocycles. The first kappa shape index (κ1) is 21.6. The monoisotopic (exact) mass is 455 g/mol. The van der Waals surface area contributed by atoms with Crippen LogP contribution in [0.4, 0.5) is 0 Å². The summed E-state index contributed by atoms with van der Waals surface area (Å²) in [6, 6.07) is 7.20. The quantitative estimate of drug-likeness (QED) is 0.255. The first-order valence-corrected chi connectivity index (χ1v) is 10.7. The first-order valence-electron chi connectivity index (χ1n) is 9.71. The van der Waals surface area contributed by atoms with E-state index in [1.807, 2.05) is 12.1 Å². The number of methoxy groups -OCH3 is 3. The number of aryl methyl sites for hydroxylation is 1. The van der Waals surface area contributed by atoms with Crippen molar-refractivity contribution in [2.75, 3.05) is 27.1 Å². The van der Waals surface area contributed by atoms with E-state index in [4.69, 9.17) is 23.2 Å². The average molecular weight is 455 g/mol. The van der Waals surface area contributed by atoms with E-state index >= 15 is 0 Å². The molecule has 0 fully saturated rings. The van der Waals surface area contributed by atoms with Crippen molar-refractivity contribution in [3.05, 3.63) is 42.5 Å². The van der Waals surface area contributed by atoms with Gasteiger partial charge in [-0.25, -0.2) is 0 Å². The number of benzene rings is 1. The van der Waals surface area contributed by atoms with Crippen LogP contribution in [0.2, 0.25) is 0 Å². The predicted molar refractivity (Wildman–Crippen MR) is 116 cm³/mol. The number of pyridine rings is 1. The summed E-state index contributed by atoms with van der Waals surface area (Å²) in [4.78, 5) is 8.40. The summed E-state index contributed by atoms with van der Waals surface area (Å²) < 4.78 is 27.2. The molecule has 3 aromatic heterocycles. The van der Waals surface area contributed by atoms with Gasteiger partial charge < -0.3 is 23.2 Å². The number of rotatable bonds is 10. The van der Waals surface area contributed by atoms with Crippen molar-refractivity contribution >= 4 is 11.8 Å². The molecule has 0 aliphatic rings. The molecule has 0 atom stereocenters. The van der Waals surface area contributed by atoms with E-state index < -0.39 is 0 Å². The van der Waals surface area contributed by atoms with Crippen molar-refractivity contribution in [3.8, 4) is 40.1 Å². The summed E-state index contributed by atoms with van der Waals surface area (Å²) in [5.41, 5.74) is 1.54. The van der Waals surface area contributed by atoms with E-state index in [2.05, 4.69) is 25.3 Å². The van der Waals surface area contributed by atoms with Gasteiger partial charge in [-0.05, 0) is 30.7 Å². The van der Waals surface area contributed by atoms with Gasteiger partial charge in [0.1, 0.15) is 0 Å². The van der Waals surface area contributed by atoms with Gasteiger partial charge in [-0.1, -0.05) is 16.9 Å². The van der Waals surface area contributed by atoms with Gasteiger partial charge in [0.2, 0.25) is 23.4 Å². The van der Waals surface area contributed by atoms with Crippen molar-refractivity contribution in [1.29, 1.82) is 0 Å². The molecule has 0 spiro atoms. The third kappa shape index (κ3) is 4.83. The Morgan fingerprint density at radius 1 is 0.938 bits per heavy atom. The Labute approximate surface area is 188 Å². The van der Waals surface area contributed by atoms with Crippen LogP contribution in [0.5, 0.6) is 17.2 Å². The van der Waals surface area contributed by atoms with E-state index in [1.165, 1.54) is 11.8 Å². The lowest BCUT2D eigenvalue weighted by atomic mass is 10.2. The van der Waals surface area contributed by atoms with Crippen LogP contribution in [0, 0.1) is 0 Å². The summed E-state index contributed by atoms with van der Waals surface area (Å²) in [5.74, 6) is 3.79. The second-order valence-corrected chi connectivity index (χ2v) is 7.53. The number of ether oxygens (including phenoxy) is 3. The normalized spacial score (nSPS) is 10.8. The van der Waals surface area contributed by atoms with Crippen LogP contribution in [0.1, 0.15) is 12.3 Å². The lowest BCUT2D eigenvalue weighted by Gasteiger charge is -2.12. The van der Waals surface area contributed by atoms with Crippen LogP contribution in [0.25, 0.3) is 22.8 Å². The number of nitrogens with zero attached hydrogens (tertiary/aromatic N) is 5. The smallest absolute Gasteiger partial charge is 0.276 e. The highest BCUT2D eigenvalue weighted by Crippen LogP contribution is 2.41. The van der Waals surface area contributed by atoms with Gasteiger partial charge in [0, 0.05) is 35.7 Å². The molecule has 4 rings (SSSR count). The highest BCUT2D eigenvalue weighted by atomic mass is 32.2. The third-order valence-corrected chi connectivity index (χ3v) is 5.39. The number of aromatic nitrogens is 5. The highest BCUT2D eigenvalue weighted by molar-refractivity contribution is 7.99. The van der Waals surface area contributed by atoms with Crippen molar-refractivity contribution < 1.29 is 23.2 Å². The zero-order valence-corrected chi connectivity index (χ0v) is 18.6. The summed E-state index contributed by atoms with van der Waals surface area (Å²) in [5, 5.41) is 12.7. The van der Waals surface area contributed by atoms with Crippen molar-refractivity contribution in [2.45, 2.75) is 18.1 Å². The standard InChI is InChI=1S/C21H21N5O5S/c1-27-15-11-14(12-16(28-2)18(15)29-3)20-24-25-21(30-20)32-10-4-5-17-23-19(26-31-17)13-6-8-22-9-7-13/h6-9,11-12H,4-5,10H2,1-3H3. The van der Waals surface area contributed by atoms with Gasteiger partial charge in [0.05, 0.1) is 21.3 Å². The van der Waals surface area contributed by atoms with E-state index in [-0.39, 0.29) is 0 Å². The molecule has 4 aromatic rings. The molecule has 0 saturated carbocycles. The minimum Gasteiger partial charge on any atom is -0.493 e. The molecule has 166 valence electrons. The molecular formula is C21H21N5O5S. The average Bonchev–Trinajstić information content (AvgIpc) is 3.51. The van der Waals surface area contributed by atoms with E-state index in [0.717, 1.165) is 17.7 Å². The molecule has 10 nitrogen and oxygen atoms in total. The SMILES string of the molecule is COc1cc(-c2nnc(SCCCc3nc(-c4ccncc4)no3)o2)cc(OC)c1OC. The number of thioether (sulfide) groups is 1. The molecule has 0 N–H and O–H groups in total. The summed E-state index contributed by atoms with van der Waals surface area (Å²) >= 11 is 1.46. The summed E-state index contributed by atoms with van der Waals surface area (Å²) in [6.45, 7) is 0. The molecule has 0 radical (unpaired) electrons. The fourth-order valence-electron chi connectivity index (χ4n) is 2.95. The Hall–Kier alpha value is -3.60. The Morgan fingerprint density at radius 3 is 2.38 bits per heavy atom. The largest absolute Gasteiger partial charge is 0.493 e. The topological polar surface area (TPSA) is 118 Å². The lowest BCUT2D eigenvalue weighted by molar-refractivity contribution is 0.324. The van der Waals surface area contributed by atoms with Crippen LogP contribution in [0.15, 0.2) is 50.8 Å². The maximum absolute atomic E-state index is 5.79. The fraction of sp³-hybridized carbons (Fsp3) is 0.286. The molecule has 0 amide bonds. The molecular weight excluding hydrogens is 434 g/mol. The zero-order chi connectivity index (χ0) is 22.3. The van der Waals surface area contributed by atoms with Crippen molar-refractivity contribution in [1.82, 2.24) is 25.3 Å². The highest BCUT2D eigenvalue weighted by Gasteiger charge is 2.18. The van der Waals surface area contributed by atoms with Gasteiger partial charge >= 0.3 is 0 Å². The van der Waals surface area contributed by atoms with Crippen LogP contribution in [-0.4, -0.2) is 52.4 Å². The molecule has 0 bridgehead atoms. The molecule has 0 saturated heterocycles. The second kappa shape index (κ2) is 10.1. The Kier molecular flexibility index (Phi) is 6.85. The second-order valence-electron chi connectivity index (χ2n) is 6.49. The maximum Gasteiger partial charge on any atom is 0.276 e. The van der Waals surface area contributed by atoms with Gasteiger partial charge in [0.25, 0.3) is 5.22 Å². The summed E-state index contributed by atoms with van der Waals surface area (Å²) in [7, 11) is 4.66. The first-order chi connectivity index (χ1) is 15.7. The molecule has 0 aliphatic heterocycles. The van der Waals surface area contributed by atoms with Crippen LogP contribution in [0.3, 0.4) is 0 Å². The van der Waals surface area contributed by atoms with Gasteiger partial charge in [-0.2, -0.15) is 4.98 Å². The fourth-order valence-corrected chi connectivity index (χ4v) is 3.65. The molecule has 0 unspecified atom stereocenters. The molecule has 11 heteroatoms. The molecule has 1 aromatic carbocycles. The van der Waals surface area contributed by atoms with Crippen LogP contribution < -0.4 is 14.2 Å². The van der Waals surface area contributed by atoms with Crippen molar-refractivity contribution in [2.24, 2.45) is 0 Å².